The fourth-order valence-electron chi connectivity index (χ4n) is 1.63. The molecule has 0 bridgehead atoms. The number of aryl methyl sites for hydroxylation is 2. The normalized spacial score (nSPS) is 11.0. The minimum absolute atomic E-state index is 0.322. The molecule has 0 atom stereocenters. The molecule has 0 radical (unpaired) electrons. The Morgan fingerprint density at radius 3 is 3.00 bits per heavy atom. The number of aromatic amines is 1. The molecule has 1 heterocycles. The van der Waals surface area contributed by atoms with E-state index in [-0.39, 0.29) is 0 Å². The van der Waals surface area contributed by atoms with E-state index in [4.69, 9.17) is 12.2 Å². The lowest BCUT2D eigenvalue weighted by Crippen LogP contribution is -1.98. The molecule has 74 valence electrons. The molecule has 0 aliphatic rings. The molecule has 0 amide bonds. The summed E-state index contributed by atoms with van der Waals surface area (Å²) in [5, 5.41) is 0. The number of hydrogen-bond acceptors (Lipinski definition) is 1. The van der Waals surface area contributed by atoms with Gasteiger partial charge < -0.3 is 9.55 Å². The Kier molecular flexibility index (Phi) is 2.37. The Morgan fingerprint density at radius 2 is 2.29 bits per heavy atom. The van der Waals surface area contributed by atoms with E-state index in [1.807, 2.05) is 25.1 Å². The number of para-hydroxylation sites is 1. The SMILES string of the molecule is Cc1cccc2c1[nH]c(=S)n2CCF. The van der Waals surface area contributed by atoms with E-state index in [0.29, 0.717) is 11.3 Å². The van der Waals surface area contributed by atoms with Crippen molar-refractivity contribution >= 4 is 23.3 Å². The van der Waals surface area contributed by atoms with Gasteiger partial charge in [-0.25, -0.2) is 4.39 Å². The topological polar surface area (TPSA) is 20.7 Å². The smallest absolute Gasteiger partial charge is 0.178 e. The van der Waals surface area contributed by atoms with Crippen LogP contribution in [-0.4, -0.2) is 16.2 Å². The molecule has 1 aromatic heterocycles. The third-order valence-corrected chi connectivity index (χ3v) is 2.65. The Labute approximate surface area is 86.4 Å². The summed E-state index contributed by atoms with van der Waals surface area (Å²) in [5.74, 6) is 0. The number of nitrogens with zero attached hydrogens (tertiary/aromatic N) is 1. The minimum Gasteiger partial charge on any atom is -0.330 e. The lowest BCUT2D eigenvalue weighted by Gasteiger charge is -2.00. The standard InChI is InChI=1S/C10H11FN2S/c1-7-3-2-4-8-9(7)12-10(14)13(8)6-5-11/h2-4H,5-6H2,1H3,(H,12,14). The van der Waals surface area contributed by atoms with Crippen molar-refractivity contribution in [3.8, 4) is 0 Å². The average Bonchev–Trinajstić information content (AvgIpc) is 2.47. The second-order valence-corrected chi connectivity index (χ2v) is 3.63. The molecule has 2 rings (SSSR count). The third kappa shape index (κ3) is 1.35. The predicted octanol–water partition coefficient (Wildman–Crippen LogP) is 2.98. The molecule has 0 saturated carbocycles. The predicted molar refractivity (Wildman–Crippen MR) is 57.8 cm³/mol. The van der Waals surface area contributed by atoms with E-state index in [9.17, 15) is 4.39 Å². The lowest BCUT2D eigenvalue weighted by molar-refractivity contribution is 0.448. The summed E-state index contributed by atoms with van der Waals surface area (Å²) >= 11 is 5.12. The van der Waals surface area contributed by atoms with Gasteiger partial charge >= 0.3 is 0 Å². The average molecular weight is 210 g/mol. The van der Waals surface area contributed by atoms with Gasteiger partial charge in [0.05, 0.1) is 17.6 Å². The van der Waals surface area contributed by atoms with Crippen molar-refractivity contribution in [1.29, 1.82) is 0 Å². The Balaban J connectivity index is 2.77. The molecule has 2 aromatic rings. The number of H-pyrrole nitrogens is 1. The summed E-state index contributed by atoms with van der Waals surface area (Å²) in [4.78, 5) is 3.09. The quantitative estimate of drug-likeness (QED) is 0.756. The van der Waals surface area contributed by atoms with E-state index in [1.54, 1.807) is 4.57 Å². The van der Waals surface area contributed by atoms with Crippen molar-refractivity contribution in [2.45, 2.75) is 13.5 Å². The van der Waals surface area contributed by atoms with Gasteiger partial charge in [0.25, 0.3) is 0 Å². The van der Waals surface area contributed by atoms with E-state index >= 15 is 0 Å². The number of imidazole rings is 1. The van der Waals surface area contributed by atoms with Gasteiger partial charge in [-0.3, -0.25) is 0 Å². The number of aromatic nitrogens is 2. The number of hydrogen-bond donors (Lipinski definition) is 1. The molecule has 14 heavy (non-hydrogen) atoms. The van der Waals surface area contributed by atoms with Crippen LogP contribution < -0.4 is 0 Å². The lowest BCUT2D eigenvalue weighted by atomic mass is 10.2. The van der Waals surface area contributed by atoms with Crippen LogP contribution in [0, 0.1) is 11.7 Å². The zero-order chi connectivity index (χ0) is 10.1. The summed E-state index contributed by atoms with van der Waals surface area (Å²) in [6, 6.07) is 5.91. The second-order valence-electron chi connectivity index (χ2n) is 3.24. The van der Waals surface area contributed by atoms with E-state index < -0.39 is 6.67 Å². The van der Waals surface area contributed by atoms with Crippen LogP contribution in [-0.2, 0) is 6.54 Å². The maximum Gasteiger partial charge on any atom is 0.178 e. The van der Waals surface area contributed by atoms with Gasteiger partial charge in [0.15, 0.2) is 4.77 Å². The molecule has 1 aromatic carbocycles. The van der Waals surface area contributed by atoms with Crippen molar-refractivity contribution in [3.05, 3.63) is 28.5 Å². The van der Waals surface area contributed by atoms with E-state index in [2.05, 4.69) is 4.98 Å². The monoisotopic (exact) mass is 210 g/mol. The van der Waals surface area contributed by atoms with E-state index in [0.717, 1.165) is 16.6 Å². The largest absolute Gasteiger partial charge is 0.330 e. The van der Waals surface area contributed by atoms with Gasteiger partial charge in [-0.2, -0.15) is 0 Å². The first-order valence-corrected chi connectivity index (χ1v) is 4.89. The molecular formula is C10H11FN2S. The van der Waals surface area contributed by atoms with Gasteiger partial charge in [0, 0.05) is 0 Å². The Hall–Kier alpha value is -1.16. The molecule has 0 unspecified atom stereocenters. The van der Waals surface area contributed by atoms with Crippen LogP contribution in [0.25, 0.3) is 11.0 Å². The van der Waals surface area contributed by atoms with Crippen molar-refractivity contribution in [1.82, 2.24) is 9.55 Å². The number of rotatable bonds is 2. The van der Waals surface area contributed by atoms with Crippen molar-refractivity contribution < 1.29 is 4.39 Å². The van der Waals surface area contributed by atoms with Crippen LogP contribution in [0.1, 0.15) is 5.56 Å². The highest BCUT2D eigenvalue weighted by Gasteiger charge is 2.04. The molecule has 0 aliphatic carbocycles. The van der Waals surface area contributed by atoms with Gasteiger partial charge in [-0.05, 0) is 30.8 Å². The van der Waals surface area contributed by atoms with Crippen LogP contribution in [0.2, 0.25) is 0 Å². The maximum atomic E-state index is 12.3. The number of alkyl halides is 1. The fraction of sp³-hybridized carbons (Fsp3) is 0.300. The maximum absolute atomic E-state index is 12.3. The number of halogens is 1. The zero-order valence-electron chi connectivity index (χ0n) is 7.88. The summed E-state index contributed by atoms with van der Waals surface area (Å²) in [7, 11) is 0. The molecule has 1 N–H and O–H groups in total. The molecule has 0 aliphatic heterocycles. The number of fused-ring (bicyclic) bond motifs is 1. The first-order chi connectivity index (χ1) is 6.74. The number of benzene rings is 1. The van der Waals surface area contributed by atoms with Crippen LogP contribution >= 0.6 is 12.2 Å². The van der Waals surface area contributed by atoms with Crippen LogP contribution in [0.3, 0.4) is 0 Å². The molecule has 2 nitrogen and oxygen atoms in total. The van der Waals surface area contributed by atoms with Crippen LogP contribution in [0.4, 0.5) is 4.39 Å². The number of nitrogens with one attached hydrogen (secondary N) is 1. The summed E-state index contributed by atoms with van der Waals surface area (Å²) in [6.45, 7) is 1.94. The van der Waals surface area contributed by atoms with Crippen LogP contribution in [0.15, 0.2) is 18.2 Å². The van der Waals surface area contributed by atoms with Gasteiger partial charge in [0.1, 0.15) is 6.67 Å². The Bertz CT molecular complexity index is 512. The van der Waals surface area contributed by atoms with Crippen LogP contribution in [0.5, 0.6) is 0 Å². The van der Waals surface area contributed by atoms with Gasteiger partial charge in [-0.1, -0.05) is 12.1 Å². The van der Waals surface area contributed by atoms with Gasteiger partial charge in [-0.15, -0.1) is 0 Å². The molecular weight excluding hydrogens is 199 g/mol. The molecule has 0 spiro atoms. The van der Waals surface area contributed by atoms with Crippen molar-refractivity contribution in [3.63, 3.8) is 0 Å². The fourth-order valence-corrected chi connectivity index (χ4v) is 1.92. The van der Waals surface area contributed by atoms with Gasteiger partial charge in [0.2, 0.25) is 0 Å². The first-order valence-electron chi connectivity index (χ1n) is 4.48. The molecule has 4 heteroatoms. The van der Waals surface area contributed by atoms with Crippen molar-refractivity contribution in [2.24, 2.45) is 0 Å². The summed E-state index contributed by atoms with van der Waals surface area (Å²) in [6.07, 6.45) is 0. The highest BCUT2D eigenvalue weighted by Crippen LogP contribution is 2.17. The van der Waals surface area contributed by atoms with E-state index in [1.165, 1.54) is 0 Å². The second kappa shape index (κ2) is 3.53. The first kappa shape index (κ1) is 9.40. The highest BCUT2D eigenvalue weighted by molar-refractivity contribution is 7.71. The molecule has 0 fully saturated rings. The minimum atomic E-state index is -0.394. The Morgan fingerprint density at radius 1 is 1.50 bits per heavy atom. The summed E-state index contributed by atoms with van der Waals surface area (Å²) in [5.41, 5.74) is 3.12. The highest BCUT2D eigenvalue weighted by atomic mass is 32.1. The zero-order valence-corrected chi connectivity index (χ0v) is 8.70. The summed E-state index contributed by atoms with van der Waals surface area (Å²) < 4.78 is 14.7. The third-order valence-electron chi connectivity index (χ3n) is 2.33. The molecule has 0 saturated heterocycles. The van der Waals surface area contributed by atoms with Crippen molar-refractivity contribution in [2.75, 3.05) is 6.67 Å².